The Balaban J connectivity index is 1.72. The minimum Gasteiger partial charge on any atom is -0.373 e. The van der Waals surface area contributed by atoms with E-state index in [1.54, 1.807) is 12.4 Å². The molecule has 0 unspecified atom stereocenters. The Morgan fingerprint density at radius 2 is 2.00 bits per heavy atom. The summed E-state index contributed by atoms with van der Waals surface area (Å²) >= 11 is 0. The van der Waals surface area contributed by atoms with Gasteiger partial charge in [0.05, 0.1) is 18.2 Å². The van der Waals surface area contributed by atoms with Crippen LogP contribution in [0.1, 0.15) is 38.8 Å². The normalized spacial score (nSPS) is 23.3. The first-order valence-corrected chi connectivity index (χ1v) is 8.40. The van der Waals surface area contributed by atoms with Crippen LogP contribution in [0.4, 0.5) is 4.79 Å². The molecule has 1 aliphatic rings. The van der Waals surface area contributed by atoms with Gasteiger partial charge < -0.3 is 15.4 Å². The first-order valence-electron chi connectivity index (χ1n) is 8.40. The summed E-state index contributed by atoms with van der Waals surface area (Å²) < 4.78 is 5.71. The molecule has 2 heterocycles. The van der Waals surface area contributed by atoms with Gasteiger partial charge in [-0.05, 0) is 38.0 Å². The molecule has 2 amide bonds. The highest BCUT2D eigenvalue weighted by molar-refractivity contribution is 5.74. The molecule has 0 bridgehead atoms. The molecule has 0 aromatic carbocycles. The fourth-order valence-electron chi connectivity index (χ4n) is 3.02. The van der Waals surface area contributed by atoms with Crippen LogP contribution in [0.25, 0.3) is 0 Å². The van der Waals surface area contributed by atoms with E-state index < -0.39 is 0 Å². The number of urea groups is 1. The second-order valence-electron chi connectivity index (χ2n) is 6.16. The zero-order valence-corrected chi connectivity index (χ0v) is 14.3. The number of carbonyl (C=O) groups excluding carboxylic acids is 1. The Labute approximate surface area is 138 Å². The van der Waals surface area contributed by atoms with Crippen LogP contribution in [0.3, 0.4) is 0 Å². The summed E-state index contributed by atoms with van der Waals surface area (Å²) in [6, 6.07) is 3.76. The summed E-state index contributed by atoms with van der Waals surface area (Å²) in [6.07, 6.45) is 4.85. The molecule has 2 N–H and O–H groups in total. The van der Waals surface area contributed by atoms with Crippen molar-refractivity contribution in [3.8, 4) is 0 Å². The smallest absolute Gasteiger partial charge is 0.315 e. The molecule has 23 heavy (non-hydrogen) atoms. The van der Waals surface area contributed by atoms with Gasteiger partial charge in [0.1, 0.15) is 0 Å². The molecule has 3 atom stereocenters. The van der Waals surface area contributed by atoms with Crippen molar-refractivity contribution in [3.63, 3.8) is 0 Å². The molecular weight excluding hydrogens is 292 g/mol. The van der Waals surface area contributed by atoms with Gasteiger partial charge in [0.2, 0.25) is 0 Å². The maximum absolute atomic E-state index is 12.1. The zero-order chi connectivity index (χ0) is 16.7. The summed E-state index contributed by atoms with van der Waals surface area (Å²) in [7, 11) is 0. The van der Waals surface area contributed by atoms with Crippen LogP contribution in [0.2, 0.25) is 0 Å². The van der Waals surface area contributed by atoms with Crippen LogP contribution >= 0.6 is 0 Å². The van der Waals surface area contributed by atoms with Gasteiger partial charge in [-0.2, -0.15) is 0 Å². The zero-order valence-electron chi connectivity index (χ0n) is 14.3. The average Bonchev–Trinajstić information content (AvgIpc) is 2.52. The lowest BCUT2D eigenvalue weighted by molar-refractivity contribution is -0.0672. The molecule has 6 nitrogen and oxygen atoms in total. The van der Waals surface area contributed by atoms with E-state index in [0.29, 0.717) is 6.54 Å². The van der Waals surface area contributed by atoms with Crippen molar-refractivity contribution in [1.29, 1.82) is 0 Å². The van der Waals surface area contributed by atoms with Crippen molar-refractivity contribution in [2.45, 2.75) is 45.4 Å². The van der Waals surface area contributed by atoms with E-state index >= 15 is 0 Å². The lowest BCUT2D eigenvalue weighted by atomic mass is 10.1. The number of pyridine rings is 1. The number of ether oxygens (including phenoxy) is 1. The van der Waals surface area contributed by atoms with Gasteiger partial charge in [0.15, 0.2) is 0 Å². The molecule has 1 fully saturated rings. The van der Waals surface area contributed by atoms with Gasteiger partial charge in [-0.25, -0.2) is 4.79 Å². The lowest BCUT2D eigenvalue weighted by Gasteiger charge is -2.35. The van der Waals surface area contributed by atoms with Gasteiger partial charge in [0.25, 0.3) is 0 Å². The van der Waals surface area contributed by atoms with Crippen LogP contribution < -0.4 is 10.6 Å². The van der Waals surface area contributed by atoms with Crippen molar-refractivity contribution < 1.29 is 9.53 Å². The van der Waals surface area contributed by atoms with Crippen LogP contribution in [0.5, 0.6) is 0 Å². The van der Waals surface area contributed by atoms with Gasteiger partial charge in [0, 0.05) is 38.6 Å². The number of aromatic nitrogens is 1. The van der Waals surface area contributed by atoms with Crippen molar-refractivity contribution in [1.82, 2.24) is 20.5 Å². The average molecular weight is 320 g/mol. The number of morpholine rings is 1. The molecule has 0 spiro atoms. The maximum atomic E-state index is 12.1. The lowest BCUT2D eigenvalue weighted by Crippen LogP contribution is -2.48. The molecule has 6 heteroatoms. The van der Waals surface area contributed by atoms with E-state index in [-0.39, 0.29) is 24.3 Å². The molecule has 128 valence electrons. The van der Waals surface area contributed by atoms with E-state index in [1.807, 2.05) is 12.1 Å². The maximum Gasteiger partial charge on any atom is 0.315 e. The first kappa shape index (κ1) is 17.7. The largest absolute Gasteiger partial charge is 0.373 e. The third kappa shape index (κ3) is 5.80. The number of hydrogen-bond donors (Lipinski definition) is 2. The Kier molecular flexibility index (Phi) is 6.80. The standard InChI is InChI=1S/C17H28N4O2/c1-4-16(15-5-7-18-8-6-15)20-17(22)19-9-10-21-11-13(2)23-14(3)12-21/h5-8,13-14,16H,4,9-12H2,1-3H3,(H2,19,20,22)/t13-,14+,16-/m0/s1. The molecular formula is C17H28N4O2. The molecule has 1 aliphatic heterocycles. The number of amides is 2. The van der Waals surface area contributed by atoms with Gasteiger partial charge in [-0.3, -0.25) is 9.88 Å². The molecule has 0 radical (unpaired) electrons. The summed E-state index contributed by atoms with van der Waals surface area (Å²) in [5.74, 6) is 0. The molecule has 1 saturated heterocycles. The summed E-state index contributed by atoms with van der Waals surface area (Å²) in [5.41, 5.74) is 1.08. The predicted octanol–water partition coefficient (Wildman–Crippen LogP) is 1.94. The Morgan fingerprint density at radius 1 is 1.35 bits per heavy atom. The van der Waals surface area contributed by atoms with E-state index in [1.165, 1.54) is 0 Å². The Morgan fingerprint density at radius 3 is 2.61 bits per heavy atom. The highest BCUT2D eigenvalue weighted by Gasteiger charge is 2.21. The van der Waals surface area contributed by atoms with Gasteiger partial charge in [-0.15, -0.1) is 0 Å². The molecule has 1 aromatic rings. The fraction of sp³-hybridized carbons (Fsp3) is 0.647. The number of carbonyl (C=O) groups is 1. The second kappa shape index (κ2) is 8.84. The van der Waals surface area contributed by atoms with Crippen molar-refractivity contribution in [2.24, 2.45) is 0 Å². The summed E-state index contributed by atoms with van der Waals surface area (Å²) in [4.78, 5) is 18.4. The van der Waals surface area contributed by atoms with Crippen molar-refractivity contribution in [3.05, 3.63) is 30.1 Å². The minimum absolute atomic E-state index is 0.0152. The monoisotopic (exact) mass is 320 g/mol. The van der Waals surface area contributed by atoms with E-state index in [4.69, 9.17) is 4.74 Å². The van der Waals surface area contributed by atoms with Crippen molar-refractivity contribution >= 4 is 6.03 Å². The molecule has 2 rings (SSSR count). The minimum atomic E-state index is -0.122. The highest BCUT2D eigenvalue weighted by atomic mass is 16.5. The molecule has 1 aromatic heterocycles. The van der Waals surface area contributed by atoms with Gasteiger partial charge in [-0.1, -0.05) is 6.92 Å². The third-order valence-electron chi connectivity index (χ3n) is 4.03. The Bertz CT molecular complexity index is 473. The van der Waals surface area contributed by atoms with Crippen LogP contribution in [-0.2, 0) is 4.74 Å². The van der Waals surface area contributed by atoms with E-state index in [2.05, 4.69) is 41.3 Å². The highest BCUT2D eigenvalue weighted by Crippen LogP contribution is 2.14. The quantitative estimate of drug-likeness (QED) is 0.841. The molecule has 0 saturated carbocycles. The van der Waals surface area contributed by atoms with Gasteiger partial charge >= 0.3 is 6.03 Å². The Hall–Kier alpha value is -1.66. The fourth-order valence-corrected chi connectivity index (χ4v) is 3.02. The van der Waals surface area contributed by atoms with E-state index in [0.717, 1.165) is 31.6 Å². The third-order valence-corrected chi connectivity index (χ3v) is 4.03. The SMILES string of the molecule is CC[C@H](NC(=O)NCCN1C[C@@H](C)O[C@@H](C)C1)c1ccncc1. The summed E-state index contributed by atoms with van der Waals surface area (Å²) in [5, 5.41) is 5.96. The van der Waals surface area contributed by atoms with Crippen LogP contribution in [-0.4, -0.2) is 54.3 Å². The predicted molar refractivity (Wildman–Crippen MR) is 90.3 cm³/mol. The molecule has 0 aliphatic carbocycles. The van der Waals surface area contributed by atoms with Crippen LogP contribution in [0.15, 0.2) is 24.5 Å². The number of nitrogens with one attached hydrogen (secondary N) is 2. The second-order valence-corrected chi connectivity index (χ2v) is 6.16. The van der Waals surface area contributed by atoms with Crippen LogP contribution in [0, 0.1) is 0 Å². The summed E-state index contributed by atoms with van der Waals surface area (Å²) in [6.45, 7) is 9.55. The topological polar surface area (TPSA) is 66.5 Å². The number of nitrogens with zero attached hydrogens (tertiary/aromatic N) is 2. The van der Waals surface area contributed by atoms with Crippen molar-refractivity contribution in [2.75, 3.05) is 26.2 Å². The first-order chi connectivity index (χ1) is 11.1. The number of hydrogen-bond acceptors (Lipinski definition) is 4. The number of rotatable bonds is 6. The van der Waals surface area contributed by atoms with E-state index in [9.17, 15) is 4.79 Å².